The lowest BCUT2D eigenvalue weighted by Gasteiger charge is -2.63. The summed E-state index contributed by atoms with van der Waals surface area (Å²) in [6, 6.07) is 0. The van der Waals surface area contributed by atoms with E-state index < -0.39 is 5.60 Å². The van der Waals surface area contributed by atoms with Gasteiger partial charge < -0.3 is 5.11 Å². The molecular formula is C22H36O. The van der Waals surface area contributed by atoms with Crippen LogP contribution in [0.15, 0.2) is 12.2 Å². The summed E-state index contributed by atoms with van der Waals surface area (Å²) in [5.74, 6) is 4.20. The van der Waals surface area contributed by atoms with Crippen LogP contribution in [0.25, 0.3) is 0 Å². The van der Waals surface area contributed by atoms with Gasteiger partial charge in [0.25, 0.3) is 0 Å². The van der Waals surface area contributed by atoms with Crippen LogP contribution in [-0.2, 0) is 0 Å². The molecule has 0 aliphatic heterocycles. The lowest BCUT2D eigenvalue weighted by molar-refractivity contribution is -0.150. The summed E-state index contributed by atoms with van der Waals surface area (Å²) in [6.07, 6.45) is 10.1. The highest BCUT2D eigenvalue weighted by Gasteiger charge is 2.61. The van der Waals surface area contributed by atoms with Crippen molar-refractivity contribution in [1.29, 1.82) is 0 Å². The molecule has 8 atom stereocenters. The third kappa shape index (κ3) is 2.08. The predicted molar refractivity (Wildman–Crippen MR) is 96.0 cm³/mol. The Balaban J connectivity index is 1.67. The summed E-state index contributed by atoms with van der Waals surface area (Å²) < 4.78 is 0. The number of hydrogen-bond donors (Lipinski definition) is 1. The number of allylic oxidation sites excluding steroid dienone is 1. The van der Waals surface area contributed by atoms with Gasteiger partial charge in [0, 0.05) is 0 Å². The monoisotopic (exact) mass is 316 g/mol. The van der Waals surface area contributed by atoms with E-state index >= 15 is 0 Å². The minimum atomic E-state index is -0.409. The van der Waals surface area contributed by atoms with E-state index in [2.05, 4.69) is 34.3 Å². The molecule has 0 heterocycles. The largest absolute Gasteiger partial charge is 0.390 e. The molecular weight excluding hydrogens is 280 g/mol. The van der Waals surface area contributed by atoms with Crippen molar-refractivity contribution < 1.29 is 5.11 Å². The van der Waals surface area contributed by atoms with E-state index in [0.717, 1.165) is 42.4 Å². The van der Waals surface area contributed by atoms with E-state index in [1.165, 1.54) is 38.5 Å². The summed E-state index contributed by atoms with van der Waals surface area (Å²) in [7, 11) is 0. The first kappa shape index (κ1) is 16.2. The topological polar surface area (TPSA) is 20.2 Å². The zero-order valence-electron chi connectivity index (χ0n) is 15.7. The van der Waals surface area contributed by atoms with Crippen molar-refractivity contribution in [1.82, 2.24) is 0 Å². The molecule has 0 aromatic rings. The van der Waals surface area contributed by atoms with E-state index in [1.54, 1.807) is 5.57 Å². The number of fused-ring (bicyclic) bond motifs is 5. The Hall–Kier alpha value is -0.300. The third-order valence-corrected chi connectivity index (χ3v) is 9.47. The van der Waals surface area contributed by atoms with Gasteiger partial charge in [-0.05, 0) is 98.7 Å². The fraction of sp³-hybridized carbons (Fsp3) is 0.909. The summed E-state index contributed by atoms with van der Waals surface area (Å²) in [5.41, 5.74) is 2.02. The Morgan fingerprint density at radius 2 is 1.78 bits per heavy atom. The fourth-order valence-electron chi connectivity index (χ4n) is 7.70. The summed E-state index contributed by atoms with van der Waals surface area (Å²) in [6.45, 7) is 14.2. The van der Waals surface area contributed by atoms with Crippen LogP contribution in [0.2, 0.25) is 0 Å². The van der Waals surface area contributed by atoms with Gasteiger partial charge in [0.1, 0.15) is 0 Å². The van der Waals surface area contributed by atoms with Crippen LogP contribution >= 0.6 is 0 Å². The van der Waals surface area contributed by atoms with Crippen LogP contribution in [0, 0.1) is 40.4 Å². The van der Waals surface area contributed by atoms with Crippen molar-refractivity contribution >= 4 is 0 Å². The van der Waals surface area contributed by atoms with E-state index in [-0.39, 0.29) is 0 Å². The van der Waals surface area contributed by atoms with Crippen LogP contribution in [-0.4, -0.2) is 10.7 Å². The van der Waals surface area contributed by atoms with Crippen LogP contribution in [0.5, 0.6) is 0 Å². The average molecular weight is 317 g/mol. The van der Waals surface area contributed by atoms with E-state index in [9.17, 15) is 5.11 Å². The molecule has 1 nitrogen and oxygen atoms in total. The van der Waals surface area contributed by atoms with Crippen molar-refractivity contribution in [2.45, 2.75) is 84.7 Å². The van der Waals surface area contributed by atoms with Crippen molar-refractivity contribution in [3.8, 4) is 0 Å². The van der Waals surface area contributed by atoms with Crippen molar-refractivity contribution in [3.63, 3.8) is 0 Å². The van der Waals surface area contributed by atoms with Gasteiger partial charge in [0.2, 0.25) is 0 Å². The molecule has 0 amide bonds. The Morgan fingerprint density at radius 3 is 2.52 bits per heavy atom. The quantitative estimate of drug-likeness (QED) is 0.578. The van der Waals surface area contributed by atoms with Crippen LogP contribution in [0.1, 0.15) is 79.1 Å². The SMILES string of the molecule is C=C1CCC2C3CCC4CC(C)(O)CCC4(C)C3CC(C)C12C. The molecule has 23 heavy (non-hydrogen) atoms. The van der Waals surface area contributed by atoms with Gasteiger partial charge in [-0.3, -0.25) is 0 Å². The molecule has 1 heteroatoms. The highest BCUT2D eigenvalue weighted by molar-refractivity contribution is 5.23. The van der Waals surface area contributed by atoms with Gasteiger partial charge >= 0.3 is 0 Å². The normalized spacial score (nSPS) is 59.2. The van der Waals surface area contributed by atoms with Gasteiger partial charge in [-0.15, -0.1) is 0 Å². The number of rotatable bonds is 0. The lowest BCUT2D eigenvalue weighted by atomic mass is 9.42. The highest BCUT2D eigenvalue weighted by atomic mass is 16.3. The summed E-state index contributed by atoms with van der Waals surface area (Å²) in [5, 5.41) is 10.6. The molecule has 0 aromatic carbocycles. The highest BCUT2D eigenvalue weighted by Crippen LogP contribution is 2.69. The molecule has 0 bridgehead atoms. The Kier molecular flexibility index (Phi) is 3.43. The first-order valence-corrected chi connectivity index (χ1v) is 10.1. The van der Waals surface area contributed by atoms with Crippen LogP contribution < -0.4 is 0 Å². The maximum absolute atomic E-state index is 10.6. The number of aliphatic hydroxyl groups is 1. The van der Waals surface area contributed by atoms with E-state index in [1.807, 2.05) is 0 Å². The molecule has 4 rings (SSSR count). The third-order valence-electron chi connectivity index (χ3n) is 9.47. The average Bonchev–Trinajstić information content (AvgIpc) is 2.79. The molecule has 0 spiro atoms. The first-order chi connectivity index (χ1) is 10.7. The molecule has 1 N–H and O–H groups in total. The second kappa shape index (κ2) is 4.87. The van der Waals surface area contributed by atoms with Gasteiger partial charge in [-0.1, -0.05) is 32.9 Å². The molecule has 0 aromatic heterocycles. The Labute approximate surface area is 142 Å². The lowest BCUT2D eigenvalue weighted by Crippen LogP contribution is -2.56. The maximum atomic E-state index is 10.6. The van der Waals surface area contributed by atoms with Crippen molar-refractivity contribution in [2.75, 3.05) is 0 Å². The fourth-order valence-corrected chi connectivity index (χ4v) is 7.70. The maximum Gasteiger partial charge on any atom is 0.0622 e. The molecule has 8 unspecified atom stereocenters. The smallest absolute Gasteiger partial charge is 0.0622 e. The van der Waals surface area contributed by atoms with Crippen molar-refractivity contribution in [2.24, 2.45) is 40.4 Å². The predicted octanol–water partition coefficient (Wildman–Crippen LogP) is 5.58. The zero-order chi connectivity index (χ0) is 16.6. The van der Waals surface area contributed by atoms with Gasteiger partial charge in [0.05, 0.1) is 5.60 Å². The summed E-state index contributed by atoms with van der Waals surface area (Å²) in [4.78, 5) is 0. The molecule has 0 radical (unpaired) electrons. The second-order valence-corrected chi connectivity index (χ2v) is 10.4. The molecule has 130 valence electrons. The minimum Gasteiger partial charge on any atom is -0.390 e. The van der Waals surface area contributed by atoms with E-state index in [4.69, 9.17) is 0 Å². The number of hydrogen-bond acceptors (Lipinski definition) is 1. The summed E-state index contributed by atoms with van der Waals surface area (Å²) >= 11 is 0. The molecule has 4 saturated carbocycles. The molecule has 0 saturated heterocycles. The van der Waals surface area contributed by atoms with Gasteiger partial charge in [-0.25, -0.2) is 0 Å². The Morgan fingerprint density at radius 1 is 1.04 bits per heavy atom. The standard InChI is InChI=1S/C22H36O/c1-14-6-9-18-17-8-7-16-13-20(3,23)10-11-21(16,4)19(17)12-15(2)22(14,18)5/h15-19,23H,1,6-13H2,2-5H3. The van der Waals surface area contributed by atoms with Crippen molar-refractivity contribution in [3.05, 3.63) is 12.2 Å². The Bertz CT molecular complexity index is 520. The first-order valence-electron chi connectivity index (χ1n) is 10.1. The zero-order valence-corrected chi connectivity index (χ0v) is 15.7. The minimum absolute atomic E-state index is 0.407. The molecule has 4 aliphatic carbocycles. The van der Waals surface area contributed by atoms with Gasteiger partial charge in [0.15, 0.2) is 0 Å². The molecule has 4 fully saturated rings. The van der Waals surface area contributed by atoms with E-state index in [0.29, 0.717) is 10.8 Å². The second-order valence-electron chi connectivity index (χ2n) is 10.4. The van der Waals surface area contributed by atoms with Crippen LogP contribution in [0.4, 0.5) is 0 Å². The van der Waals surface area contributed by atoms with Crippen LogP contribution in [0.3, 0.4) is 0 Å². The van der Waals surface area contributed by atoms with Gasteiger partial charge in [-0.2, -0.15) is 0 Å². The molecule has 4 aliphatic rings.